The molecule has 1 N–H and O–H groups in total. The highest BCUT2D eigenvalue weighted by Crippen LogP contribution is 2.34. The molecule has 1 amide bonds. The molecule has 3 aliphatic heterocycles. The second kappa shape index (κ2) is 7.76. The zero-order valence-electron chi connectivity index (χ0n) is 17.8. The predicted octanol–water partition coefficient (Wildman–Crippen LogP) is 1.92. The molecule has 4 rings (SSSR count). The lowest BCUT2D eigenvalue weighted by Gasteiger charge is -2.44. The summed E-state index contributed by atoms with van der Waals surface area (Å²) in [6.07, 6.45) is 2.98. The molecule has 0 saturated carbocycles. The summed E-state index contributed by atoms with van der Waals surface area (Å²) in [5.41, 5.74) is 2.94. The molecule has 156 valence electrons. The Kier molecular flexibility index (Phi) is 5.51. The van der Waals surface area contributed by atoms with Crippen molar-refractivity contribution in [2.24, 2.45) is 5.41 Å². The number of nitrogens with zero attached hydrogens (tertiary/aromatic N) is 4. The summed E-state index contributed by atoms with van der Waals surface area (Å²) >= 11 is 0. The molecule has 2 saturated heterocycles. The molecule has 4 heterocycles. The molecule has 0 aromatic carbocycles. The van der Waals surface area contributed by atoms with Gasteiger partial charge in [-0.1, -0.05) is 6.92 Å². The number of carbonyl (C=O) groups excluding carboxylic acids is 1. The summed E-state index contributed by atoms with van der Waals surface area (Å²) in [5, 5.41) is 7.44. The Morgan fingerprint density at radius 1 is 1.18 bits per heavy atom. The lowest BCUT2D eigenvalue weighted by Crippen LogP contribution is -2.51. The van der Waals surface area contributed by atoms with E-state index in [9.17, 15) is 4.79 Å². The van der Waals surface area contributed by atoms with Gasteiger partial charge in [0.05, 0.1) is 17.9 Å². The van der Waals surface area contributed by atoms with Crippen LogP contribution in [0.15, 0.2) is 0 Å². The topological polar surface area (TPSA) is 64.7 Å². The smallest absolute Gasteiger partial charge is 0.274 e. The second-order valence-corrected chi connectivity index (χ2v) is 9.44. The third-order valence-corrected chi connectivity index (χ3v) is 6.90. The van der Waals surface area contributed by atoms with Gasteiger partial charge in [-0.25, -0.2) is 0 Å². The third kappa shape index (κ3) is 3.98. The van der Waals surface area contributed by atoms with Gasteiger partial charge in [0.15, 0.2) is 5.69 Å². The number of piperazine rings is 1. The molecule has 2 fully saturated rings. The zero-order valence-corrected chi connectivity index (χ0v) is 17.8. The van der Waals surface area contributed by atoms with Gasteiger partial charge in [-0.15, -0.1) is 0 Å². The maximum atomic E-state index is 13.2. The summed E-state index contributed by atoms with van der Waals surface area (Å²) in [7, 11) is 2.20. The lowest BCUT2D eigenvalue weighted by atomic mass is 9.79. The molecule has 0 spiro atoms. The van der Waals surface area contributed by atoms with E-state index in [-0.39, 0.29) is 18.1 Å². The van der Waals surface area contributed by atoms with E-state index in [0.717, 1.165) is 76.3 Å². The number of carbonyl (C=O) groups is 1. The van der Waals surface area contributed by atoms with E-state index < -0.39 is 0 Å². The maximum Gasteiger partial charge on any atom is 0.274 e. The fourth-order valence-electron chi connectivity index (χ4n) is 4.95. The summed E-state index contributed by atoms with van der Waals surface area (Å²) < 4.78 is 5.85. The van der Waals surface area contributed by atoms with Crippen molar-refractivity contribution in [2.45, 2.75) is 52.2 Å². The molecule has 1 aromatic rings. The van der Waals surface area contributed by atoms with E-state index in [0.29, 0.717) is 11.1 Å². The Bertz CT molecular complexity index is 702. The van der Waals surface area contributed by atoms with Crippen LogP contribution in [-0.2, 0) is 11.2 Å². The third-order valence-electron chi connectivity index (χ3n) is 6.90. The van der Waals surface area contributed by atoms with Crippen LogP contribution in [-0.4, -0.2) is 89.8 Å². The van der Waals surface area contributed by atoms with Crippen LogP contribution in [0.1, 0.15) is 61.5 Å². The van der Waals surface area contributed by atoms with Crippen LogP contribution < -0.4 is 0 Å². The molecular weight excluding hydrogens is 354 g/mol. The minimum atomic E-state index is -0.0268. The van der Waals surface area contributed by atoms with Crippen molar-refractivity contribution in [3.05, 3.63) is 17.0 Å². The largest absolute Gasteiger partial charge is 0.369 e. The van der Waals surface area contributed by atoms with Crippen LogP contribution in [0.3, 0.4) is 0 Å². The average molecular weight is 390 g/mol. The first-order valence-corrected chi connectivity index (χ1v) is 10.8. The van der Waals surface area contributed by atoms with Crippen LogP contribution in [0, 0.1) is 5.41 Å². The van der Waals surface area contributed by atoms with Gasteiger partial charge in [0.1, 0.15) is 0 Å². The number of fused-ring (bicyclic) bond motifs is 1. The van der Waals surface area contributed by atoms with Crippen molar-refractivity contribution in [3.8, 4) is 0 Å². The molecule has 7 heteroatoms. The van der Waals surface area contributed by atoms with E-state index in [4.69, 9.17) is 4.74 Å². The normalized spacial score (nSPS) is 28.9. The number of amides is 1. The van der Waals surface area contributed by atoms with E-state index >= 15 is 0 Å². The van der Waals surface area contributed by atoms with Gasteiger partial charge < -0.3 is 19.4 Å². The number of aromatic nitrogens is 2. The number of hydrogen-bond donors (Lipinski definition) is 1. The Balaban J connectivity index is 1.37. The minimum absolute atomic E-state index is 0.0268. The first-order chi connectivity index (χ1) is 13.3. The average Bonchev–Trinajstić information content (AvgIpc) is 3.08. The fraction of sp³-hybridized carbons (Fsp3) is 0.810. The highest BCUT2D eigenvalue weighted by molar-refractivity contribution is 5.94. The second-order valence-electron chi connectivity index (χ2n) is 9.44. The number of nitrogens with one attached hydrogen (secondary N) is 1. The molecule has 0 unspecified atom stereocenters. The number of piperidine rings is 1. The molecular formula is C21H35N5O2. The first-order valence-electron chi connectivity index (χ1n) is 10.8. The number of ether oxygens (including phenoxy) is 1. The molecule has 0 bridgehead atoms. The Hall–Kier alpha value is -1.44. The number of hydrogen-bond acceptors (Lipinski definition) is 5. The monoisotopic (exact) mass is 389 g/mol. The molecule has 28 heavy (non-hydrogen) atoms. The molecule has 1 aromatic heterocycles. The highest BCUT2D eigenvalue weighted by Gasteiger charge is 2.36. The van der Waals surface area contributed by atoms with E-state index in [2.05, 4.69) is 40.9 Å². The quantitative estimate of drug-likeness (QED) is 0.856. The Morgan fingerprint density at radius 2 is 1.86 bits per heavy atom. The number of likely N-dealkylation sites (tertiary alicyclic amines) is 1. The van der Waals surface area contributed by atoms with Crippen molar-refractivity contribution < 1.29 is 9.53 Å². The minimum Gasteiger partial charge on any atom is -0.369 e. The van der Waals surface area contributed by atoms with Crippen molar-refractivity contribution in [3.63, 3.8) is 0 Å². The Morgan fingerprint density at radius 3 is 2.54 bits per heavy atom. The molecule has 3 aliphatic rings. The number of likely N-dealkylation sites (N-methyl/N-ethyl adjacent to an activating group) is 1. The van der Waals surface area contributed by atoms with Crippen molar-refractivity contribution in [2.75, 3.05) is 52.9 Å². The number of aromatic amines is 1. The molecule has 0 aliphatic carbocycles. The summed E-state index contributed by atoms with van der Waals surface area (Å²) in [6, 6.07) is 0. The van der Waals surface area contributed by atoms with Gasteiger partial charge in [0.2, 0.25) is 0 Å². The van der Waals surface area contributed by atoms with E-state index in [1.54, 1.807) is 0 Å². The summed E-state index contributed by atoms with van der Waals surface area (Å²) in [5.74, 6) is 0.0837. The van der Waals surface area contributed by atoms with Gasteiger partial charge in [0, 0.05) is 57.8 Å². The van der Waals surface area contributed by atoms with Crippen molar-refractivity contribution in [1.29, 1.82) is 0 Å². The van der Waals surface area contributed by atoms with Gasteiger partial charge in [0.25, 0.3) is 5.91 Å². The molecule has 2 atom stereocenters. The van der Waals surface area contributed by atoms with E-state index in [1.165, 1.54) is 0 Å². The summed E-state index contributed by atoms with van der Waals surface area (Å²) in [4.78, 5) is 20.2. The highest BCUT2D eigenvalue weighted by atomic mass is 16.5. The zero-order chi connectivity index (χ0) is 19.9. The van der Waals surface area contributed by atoms with Crippen LogP contribution in [0.2, 0.25) is 0 Å². The molecule has 0 radical (unpaired) electrons. The maximum absolute atomic E-state index is 13.2. The Labute approximate surface area is 168 Å². The van der Waals surface area contributed by atoms with Gasteiger partial charge in [-0.3, -0.25) is 9.89 Å². The van der Waals surface area contributed by atoms with Crippen molar-refractivity contribution in [1.82, 2.24) is 24.9 Å². The van der Waals surface area contributed by atoms with Crippen LogP contribution in [0.5, 0.6) is 0 Å². The standard InChI is InChI=1S/C21H35N5O2/c1-15-13-17-18(16(2)28-15)22-23-19(17)20(27)26-7-5-21(3,6-8-26)14-25-11-9-24(4)10-12-25/h15-16H,5-14H2,1-4H3,(H,22,23)/t15-,16+/m1/s1. The van der Waals surface area contributed by atoms with Gasteiger partial charge >= 0.3 is 0 Å². The predicted molar refractivity (Wildman–Crippen MR) is 108 cm³/mol. The van der Waals surface area contributed by atoms with Crippen LogP contribution in [0.25, 0.3) is 0 Å². The molecule has 7 nitrogen and oxygen atoms in total. The number of rotatable bonds is 3. The SMILES string of the molecule is C[C@@H]1Cc2c(C(=O)N3CCC(C)(CN4CCN(C)CC4)CC3)n[nH]c2[C@H](C)O1. The van der Waals surface area contributed by atoms with Crippen molar-refractivity contribution >= 4 is 5.91 Å². The van der Waals surface area contributed by atoms with Gasteiger partial charge in [-0.05, 0) is 39.2 Å². The number of H-pyrrole nitrogens is 1. The fourth-order valence-corrected chi connectivity index (χ4v) is 4.95. The van der Waals surface area contributed by atoms with Gasteiger partial charge in [-0.2, -0.15) is 5.10 Å². The van der Waals surface area contributed by atoms with E-state index in [1.807, 2.05) is 11.8 Å². The van der Waals surface area contributed by atoms with Crippen LogP contribution in [0.4, 0.5) is 0 Å². The van der Waals surface area contributed by atoms with Crippen LogP contribution >= 0.6 is 0 Å². The lowest BCUT2D eigenvalue weighted by molar-refractivity contribution is -0.00706. The summed E-state index contributed by atoms with van der Waals surface area (Å²) in [6.45, 7) is 13.9. The first kappa shape index (κ1) is 19.9.